The van der Waals surface area contributed by atoms with Crippen LogP contribution in [-0.4, -0.2) is 56.1 Å². The molecular weight excluding hydrogens is 452 g/mol. The van der Waals surface area contributed by atoms with Gasteiger partial charge in [-0.1, -0.05) is 36.4 Å². The Morgan fingerprint density at radius 3 is 2.44 bits per heavy atom. The largest absolute Gasteiger partial charge is 0.497 e. The van der Waals surface area contributed by atoms with Crippen molar-refractivity contribution in [2.75, 3.05) is 40.4 Å². The molecule has 6 nitrogen and oxygen atoms in total. The van der Waals surface area contributed by atoms with Gasteiger partial charge in [-0.05, 0) is 60.0 Å². The number of piperazine rings is 1. The van der Waals surface area contributed by atoms with Crippen LogP contribution in [0.25, 0.3) is 6.08 Å². The van der Waals surface area contributed by atoms with Crippen LogP contribution in [0.5, 0.6) is 17.2 Å². The molecule has 0 saturated carbocycles. The minimum Gasteiger partial charge on any atom is -0.497 e. The molecule has 0 unspecified atom stereocenters. The molecule has 0 spiro atoms. The summed E-state index contributed by atoms with van der Waals surface area (Å²) in [6, 6.07) is 21.9. The quantitative estimate of drug-likeness (QED) is 0.401. The highest BCUT2D eigenvalue weighted by atomic mass is 16.5. The number of carbonyl (C=O) groups excluding carboxylic acids is 1. The predicted molar refractivity (Wildman–Crippen MR) is 142 cm³/mol. The predicted octanol–water partition coefficient (Wildman–Crippen LogP) is 4.95. The summed E-state index contributed by atoms with van der Waals surface area (Å²) >= 11 is 0. The fourth-order valence-electron chi connectivity index (χ4n) is 4.32. The number of hydrogen-bond donors (Lipinski definition) is 0. The van der Waals surface area contributed by atoms with Crippen molar-refractivity contribution in [3.8, 4) is 17.2 Å². The second kappa shape index (κ2) is 12.3. The first-order valence-electron chi connectivity index (χ1n) is 12.2. The van der Waals surface area contributed by atoms with Gasteiger partial charge < -0.3 is 19.1 Å². The number of amides is 1. The minimum atomic E-state index is 0.0320. The second-order valence-electron chi connectivity index (χ2n) is 8.91. The highest BCUT2D eigenvalue weighted by molar-refractivity contribution is 5.91. The maximum Gasteiger partial charge on any atom is 0.246 e. The molecule has 1 saturated heterocycles. The zero-order chi connectivity index (χ0) is 25.3. The van der Waals surface area contributed by atoms with Gasteiger partial charge in [0.25, 0.3) is 0 Å². The van der Waals surface area contributed by atoms with E-state index in [4.69, 9.17) is 14.2 Å². The van der Waals surface area contributed by atoms with Gasteiger partial charge in [-0.2, -0.15) is 0 Å². The summed E-state index contributed by atoms with van der Waals surface area (Å²) < 4.78 is 16.9. The first-order chi connectivity index (χ1) is 17.6. The van der Waals surface area contributed by atoms with Crippen molar-refractivity contribution in [3.05, 3.63) is 95.1 Å². The van der Waals surface area contributed by atoms with Crippen molar-refractivity contribution in [2.45, 2.75) is 20.1 Å². The van der Waals surface area contributed by atoms with Gasteiger partial charge in [0.1, 0.15) is 23.9 Å². The van der Waals surface area contributed by atoms with E-state index in [-0.39, 0.29) is 5.91 Å². The fourth-order valence-corrected chi connectivity index (χ4v) is 4.32. The molecule has 0 aliphatic carbocycles. The van der Waals surface area contributed by atoms with Crippen LogP contribution >= 0.6 is 0 Å². The molecule has 3 aromatic rings. The molecule has 1 amide bonds. The van der Waals surface area contributed by atoms with E-state index in [1.807, 2.05) is 72.5 Å². The molecule has 0 aromatic heterocycles. The van der Waals surface area contributed by atoms with Gasteiger partial charge in [-0.15, -0.1) is 0 Å². The highest BCUT2D eigenvalue weighted by Gasteiger charge is 2.19. The molecule has 3 aromatic carbocycles. The summed E-state index contributed by atoms with van der Waals surface area (Å²) in [6.45, 7) is 6.39. The topological polar surface area (TPSA) is 51.2 Å². The van der Waals surface area contributed by atoms with Gasteiger partial charge in [-0.3, -0.25) is 9.69 Å². The lowest BCUT2D eigenvalue weighted by molar-refractivity contribution is -0.127. The van der Waals surface area contributed by atoms with Gasteiger partial charge in [0.2, 0.25) is 5.91 Å². The van der Waals surface area contributed by atoms with Crippen LogP contribution in [0.2, 0.25) is 0 Å². The molecule has 36 heavy (non-hydrogen) atoms. The van der Waals surface area contributed by atoms with Crippen molar-refractivity contribution in [1.29, 1.82) is 0 Å². The van der Waals surface area contributed by atoms with Crippen LogP contribution in [0.15, 0.2) is 72.8 Å². The van der Waals surface area contributed by atoms with E-state index in [0.29, 0.717) is 19.7 Å². The Labute approximate surface area is 213 Å². The third kappa shape index (κ3) is 6.67. The summed E-state index contributed by atoms with van der Waals surface area (Å²) in [4.78, 5) is 17.1. The monoisotopic (exact) mass is 486 g/mol. The van der Waals surface area contributed by atoms with Crippen LogP contribution in [0.3, 0.4) is 0 Å². The van der Waals surface area contributed by atoms with Crippen LogP contribution in [0.4, 0.5) is 0 Å². The van der Waals surface area contributed by atoms with Crippen molar-refractivity contribution in [2.24, 2.45) is 0 Å². The Morgan fingerprint density at radius 2 is 1.69 bits per heavy atom. The molecule has 188 valence electrons. The Morgan fingerprint density at radius 1 is 0.889 bits per heavy atom. The maximum absolute atomic E-state index is 12.8. The third-order valence-electron chi connectivity index (χ3n) is 6.42. The molecule has 4 rings (SSSR count). The van der Waals surface area contributed by atoms with Crippen molar-refractivity contribution in [3.63, 3.8) is 0 Å². The lowest BCUT2D eigenvalue weighted by Gasteiger charge is -2.34. The Bertz CT molecular complexity index is 1200. The fraction of sp³-hybridized carbons (Fsp3) is 0.300. The van der Waals surface area contributed by atoms with Gasteiger partial charge in [0.15, 0.2) is 0 Å². The first-order valence-corrected chi connectivity index (χ1v) is 12.2. The van der Waals surface area contributed by atoms with Crippen LogP contribution in [0, 0.1) is 6.92 Å². The number of ether oxygens (including phenoxy) is 3. The first kappa shape index (κ1) is 25.3. The van der Waals surface area contributed by atoms with E-state index >= 15 is 0 Å². The molecule has 1 aliphatic rings. The summed E-state index contributed by atoms with van der Waals surface area (Å²) in [7, 11) is 3.34. The summed E-state index contributed by atoms with van der Waals surface area (Å²) in [5.41, 5.74) is 4.17. The van der Waals surface area contributed by atoms with E-state index in [1.165, 1.54) is 5.56 Å². The van der Waals surface area contributed by atoms with Crippen molar-refractivity contribution in [1.82, 2.24) is 9.80 Å². The average Bonchev–Trinajstić information content (AvgIpc) is 2.92. The number of methoxy groups -OCH3 is 2. The molecule has 1 fully saturated rings. The van der Waals surface area contributed by atoms with Crippen molar-refractivity contribution >= 4 is 12.0 Å². The van der Waals surface area contributed by atoms with E-state index in [1.54, 1.807) is 20.3 Å². The lowest BCUT2D eigenvalue weighted by Crippen LogP contribution is -2.47. The third-order valence-corrected chi connectivity index (χ3v) is 6.42. The van der Waals surface area contributed by atoms with E-state index in [9.17, 15) is 4.79 Å². The van der Waals surface area contributed by atoms with Crippen LogP contribution in [0.1, 0.15) is 22.3 Å². The smallest absolute Gasteiger partial charge is 0.246 e. The number of hydrogen-bond acceptors (Lipinski definition) is 5. The molecule has 0 atom stereocenters. The maximum atomic E-state index is 12.8. The van der Waals surface area contributed by atoms with E-state index in [0.717, 1.165) is 53.6 Å². The SMILES string of the molecule is COc1cccc(CN2CCN(C(=O)/C=C/c3ccc(OC)c(COc4ccccc4C)c3)CC2)c1. The number of aryl methyl sites for hydroxylation is 1. The standard InChI is InChI=1S/C30H34N2O4/c1-23-7-4-5-10-28(23)36-22-26-19-24(11-13-29(26)35-3)12-14-30(33)32-17-15-31(16-18-32)21-25-8-6-9-27(20-25)34-2/h4-14,19-20H,15-18,21-22H2,1-3H3/b14-12+. The number of carbonyl (C=O) groups is 1. The van der Waals surface area contributed by atoms with Gasteiger partial charge in [-0.25, -0.2) is 0 Å². The normalized spacial score (nSPS) is 14.1. The Hall–Kier alpha value is -3.77. The molecule has 6 heteroatoms. The highest BCUT2D eigenvalue weighted by Crippen LogP contribution is 2.24. The number of rotatable bonds is 9. The van der Waals surface area contributed by atoms with E-state index < -0.39 is 0 Å². The van der Waals surface area contributed by atoms with E-state index in [2.05, 4.69) is 17.0 Å². The number of para-hydroxylation sites is 1. The summed E-state index contributed by atoms with van der Waals surface area (Å²) in [5.74, 6) is 2.51. The molecular formula is C30H34N2O4. The molecule has 1 aliphatic heterocycles. The zero-order valence-corrected chi connectivity index (χ0v) is 21.3. The molecule has 0 N–H and O–H groups in total. The van der Waals surface area contributed by atoms with Gasteiger partial charge >= 0.3 is 0 Å². The average molecular weight is 487 g/mol. The minimum absolute atomic E-state index is 0.0320. The van der Waals surface area contributed by atoms with Crippen LogP contribution in [-0.2, 0) is 17.9 Å². The summed E-state index contributed by atoms with van der Waals surface area (Å²) in [5, 5.41) is 0. The van der Waals surface area contributed by atoms with Crippen molar-refractivity contribution < 1.29 is 19.0 Å². The molecule has 0 radical (unpaired) electrons. The lowest BCUT2D eigenvalue weighted by atomic mass is 10.1. The Kier molecular flexibility index (Phi) is 8.63. The summed E-state index contributed by atoms with van der Waals surface area (Å²) in [6.07, 6.45) is 3.52. The molecule has 0 bridgehead atoms. The second-order valence-corrected chi connectivity index (χ2v) is 8.91. The zero-order valence-electron chi connectivity index (χ0n) is 21.3. The Balaban J connectivity index is 1.32. The molecule has 1 heterocycles. The van der Waals surface area contributed by atoms with Gasteiger partial charge in [0.05, 0.1) is 14.2 Å². The van der Waals surface area contributed by atoms with Crippen LogP contribution < -0.4 is 14.2 Å². The number of nitrogens with zero attached hydrogens (tertiary/aromatic N) is 2. The number of benzene rings is 3. The van der Waals surface area contributed by atoms with Gasteiger partial charge in [0, 0.05) is 44.4 Å².